The zero-order valence-electron chi connectivity index (χ0n) is 8.38. The Kier molecular flexibility index (Phi) is 1.57. The van der Waals surface area contributed by atoms with Crippen LogP contribution in [0.3, 0.4) is 0 Å². The first-order valence-corrected chi connectivity index (χ1v) is 5.16. The normalized spacial score (nSPS) is 17.5. The number of rotatable bonds is 0. The number of nitrogens with one attached hydrogen (secondary N) is 1. The Morgan fingerprint density at radius 2 is 2.29 bits per heavy atom. The molecule has 0 bridgehead atoms. The summed E-state index contributed by atoms with van der Waals surface area (Å²) in [7, 11) is 2.15. The van der Waals surface area contributed by atoms with E-state index in [-0.39, 0.29) is 0 Å². The summed E-state index contributed by atoms with van der Waals surface area (Å²) in [6.07, 6.45) is 11.2. The van der Waals surface area contributed by atoms with Gasteiger partial charge in [-0.15, -0.1) is 0 Å². The first-order valence-electron chi connectivity index (χ1n) is 5.16. The van der Waals surface area contributed by atoms with Crippen LogP contribution in [-0.2, 0) is 13.5 Å². The summed E-state index contributed by atoms with van der Waals surface area (Å²) in [6.45, 7) is 1.07. The predicted molar refractivity (Wildman–Crippen MR) is 59.0 cm³/mol. The molecule has 2 aliphatic rings. The van der Waals surface area contributed by atoms with E-state index in [4.69, 9.17) is 0 Å². The van der Waals surface area contributed by atoms with Gasteiger partial charge in [0.25, 0.3) is 0 Å². The van der Waals surface area contributed by atoms with Crippen LogP contribution >= 0.6 is 0 Å². The molecule has 1 N–H and O–H groups in total. The summed E-state index contributed by atoms with van der Waals surface area (Å²) in [5.41, 5.74) is 2.94. The highest BCUT2D eigenvalue weighted by atomic mass is 15.0. The van der Waals surface area contributed by atoms with E-state index in [9.17, 15) is 0 Å². The smallest absolute Gasteiger partial charge is 0.0607 e. The zero-order valence-corrected chi connectivity index (χ0v) is 8.38. The minimum atomic E-state index is 1.07. The summed E-state index contributed by atoms with van der Waals surface area (Å²) in [6, 6.07) is 0. The minimum absolute atomic E-state index is 1.07. The van der Waals surface area contributed by atoms with Crippen LogP contribution in [0.2, 0.25) is 0 Å². The SMILES string of the molecule is Cn1c2c(c3c1=CNCC3)C=CCC=2. The number of hydrogen-bond donors (Lipinski definition) is 1. The molecule has 0 amide bonds. The van der Waals surface area contributed by atoms with Crippen molar-refractivity contribution in [2.75, 3.05) is 6.54 Å². The molecule has 0 aromatic carbocycles. The average Bonchev–Trinajstić information content (AvgIpc) is 2.55. The molecule has 2 heterocycles. The molecule has 1 aliphatic heterocycles. The fourth-order valence-corrected chi connectivity index (χ4v) is 2.42. The topological polar surface area (TPSA) is 17.0 Å². The summed E-state index contributed by atoms with van der Waals surface area (Å²) in [5, 5.41) is 6.04. The molecule has 0 saturated carbocycles. The van der Waals surface area contributed by atoms with Gasteiger partial charge in [-0.3, -0.25) is 0 Å². The third-order valence-corrected chi connectivity index (χ3v) is 3.12. The molecule has 0 fully saturated rings. The molecular weight excluding hydrogens is 172 g/mol. The Hall–Kier alpha value is -1.44. The van der Waals surface area contributed by atoms with Gasteiger partial charge in [0, 0.05) is 30.7 Å². The Morgan fingerprint density at radius 1 is 1.36 bits per heavy atom. The van der Waals surface area contributed by atoms with Gasteiger partial charge in [-0.2, -0.15) is 0 Å². The third kappa shape index (κ3) is 0.910. The molecule has 1 aromatic heterocycles. The van der Waals surface area contributed by atoms with Gasteiger partial charge in [-0.25, -0.2) is 0 Å². The second-order valence-electron chi connectivity index (χ2n) is 3.91. The van der Waals surface area contributed by atoms with Gasteiger partial charge < -0.3 is 9.88 Å². The van der Waals surface area contributed by atoms with Gasteiger partial charge in [0.1, 0.15) is 0 Å². The lowest BCUT2D eigenvalue weighted by Crippen LogP contribution is -2.31. The van der Waals surface area contributed by atoms with Gasteiger partial charge in [-0.1, -0.05) is 18.2 Å². The van der Waals surface area contributed by atoms with Crippen molar-refractivity contribution in [2.24, 2.45) is 7.05 Å². The van der Waals surface area contributed by atoms with Crippen molar-refractivity contribution in [1.82, 2.24) is 9.88 Å². The van der Waals surface area contributed by atoms with E-state index in [1.807, 2.05) is 0 Å². The summed E-state index contributed by atoms with van der Waals surface area (Å²) in [5.74, 6) is 0. The molecule has 0 atom stereocenters. The summed E-state index contributed by atoms with van der Waals surface area (Å²) < 4.78 is 2.29. The number of fused-ring (bicyclic) bond motifs is 3. The van der Waals surface area contributed by atoms with Crippen molar-refractivity contribution in [3.05, 3.63) is 27.9 Å². The zero-order chi connectivity index (χ0) is 9.54. The molecule has 2 nitrogen and oxygen atoms in total. The number of hydrogen-bond acceptors (Lipinski definition) is 1. The van der Waals surface area contributed by atoms with Crippen LogP contribution in [0.1, 0.15) is 17.5 Å². The first-order chi connectivity index (χ1) is 6.88. The van der Waals surface area contributed by atoms with Crippen molar-refractivity contribution in [3.8, 4) is 0 Å². The van der Waals surface area contributed by atoms with Gasteiger partial charge in [0.15, 0.2) is 0 Å². The van der Waals surface area contributed by atoms with Crippen LogP contribution in [0.5, 0.6) is 0 Å². The molecule has 14 heavy (non-hydrogen) atoms. The molecule has 0 unspecified atom stereocenters. The first kappa shape index (κ1) is 7.92. The summed E-state index contributed by atoms with van der Waals surface area (Å²) in [4.78, 5) is 0. The van der Waals surface area contributed by atoms with Crippen LogP contribution in [0.25, 0.3) is 18.4 Å². The second-order valence-corrected chi connectivity index (χ2v) is 3.91. The van der Waals surface area contributed by atoms with Gasteiger partial charge in [0.05, 0.1) is 5.35 Å². The molecule has 72 valence electrons. The second kappa shape index (κ2) is 2.77. The van der Waals surface area contributed by atoms with E-state index in [0.29, 0.717) is 0 Å². The van der Waals surface area contributed by atoms with Crippen molar-refractivity contribution in [1.29, 1.82) is 0 Å². The maximum atomic E-state index is 3.31. The number of allylic oxidation sites excluding steroid dienone is 1. The summed E-state index contributed by atoms with van der Waals surface area (Å²) >= 11 is 0. The Morgan fingerprint density at radius 3 is 3.21 bits per heavy atom. The largest absolute Gasteiger partial charge is 0.389 e. The Balaban J connectivity index is 2.46. The van der Waals surface area contributed by atoms with Crippen LogP contribution in [-0.4, -0.2) is 11.1 Å². The fraction of sp³-hybridized carbons (Fsp3) is 0.333. The standard InChI is InChI=1S/C12H14N2/c1-14-11-5-3-2-4-9(11)10-6-7-13-8-12(10)14/h2,4-5,8,13H,3,6-7H2,1H3. The van der Waals surface area contributed by atoms with E-state index in [0.717, 1.165) is 19.4 Å². The predicted octanol–water partition coefficient (Wildman–Crippen LogP) is 0.106. The molecule has 2 heteroatoms. The average molecular weight is 186 g/mol. The van der Waals surface area contributed by atoms with Crippen molar-refractivity contribution >= 4 is 18.4 Å². The number of aromatic nitrogens is 1. The van der Waals surface area contributed by atoms with Crippen LogP contribution in [0.15, 0.2) is 6.08 Å². The van der Waals surface area contributed by atoms with E-state index >= 15 is 0 Å². The highest BCUT2D eigenvalue weighted by Crippen LogP contribution is 2.09. The maximum absolute atomic E-state index is 3.31. The molecular formula is C12H14N2. The lowest BCUT2D eigenvalue weighted by molar-refractivity contribution is 0.784. The van der Waals surface area contributed by atoms with Crippen molar-refractivity contribution in [3.63, 3.8) is 0 Å². The van der Waals surface area contributed by atoms with Gasteiger partial charge >= 0.3 is 0 Å². The highest BCUT2D eigenvalue weighted by molar-refractivity contribution is 5.61. The van der Waals surface area contributed by atoms with E-state index < -0.39 is 0 Å². The molecule has 0 spiro atoms. The van der Waals surface area contributed by atoms with Gasteiger partial charge in [0.2, 0.25) is 0 Å². The lowest BCUT2D eigenvalue weighted by Gasteiger charge is -2.08. The van der Waals surface area contributed by atoms with E-state index in [1.165, 1.54) is 21.8 Å². The quantitative estimate of drug-likeness (QED) is 0.608. The van der Waals surface area contributed by atoms with Crippen molar-refractivity contribution < 1.29 is 0 Å². The lowest BCUT2D eigenvalue weighted by atomic mass is 10.0. The van der Waals surface area contributed by atoms with Crippen LogP contribution in [0, 0.1) is 0 Å². The fourth-order valence-electron chi connectivity index (χ4n) is 2.42. The van der Waals surface area contributed by atoms with Crippen LogP contribution < -0.4 is 16.0 Å². The molecule has 0 radical (unpaired) electrons. The van der Waals surface area contributed by atoms with Crippen molar-refractivity contribution in [2.45, 2.75) is 12.8 Å². The Bertz CT molecular complexity index is 517. The molecule has 3 rings (SSSR count). The van der Waals surface area contributed by atoms with Crippen LogP contribution in [0.4, 0.5) is 0 Å². The monoisotopic (exact) mass is 186 g/mol. The Labute approximate surface area is 83.2 Å². The highest BCUT2D eigenvalue weighted by Gasteiger charge is 2.13. The minimum Gasteiger partial charge on any atom is -0.389 e. The molecule has 0 saturated heterocycles. The third-order valence-electron chi connectivity index (χ3n) is 3.12. The van der Waals surface area contributed by atoms with Gasteiger partial charge in [-0.05, 0) is 18.4 Å². The molecule has 1 aromatic rings. The number of nitrogens with zero attached hydrogens (tertiary/aromatic N) is 1. The van der Waals surface area contributed by atoms with E-state index in [1.54, 1.807) is 0 Å². The maximum Gasteiger partial charge on any atom is 0.0607 e. The molecule has 1 aliphatic carbocycles. The van der Waals surface area contributed by atoms with E-state index in [2.05, 4.69) is 41.4 Å².